The van der Waals surface area contributed by atoms with Crippen molar-refractivity contribution in [1.82, 2.24) is 14.3 Å². The molecular formula is C28H25N5O5. The predicted molar refractivity (Wildman–Crippen MR) is 142 cm³/mol. The number of carbonyl (C=O) groups is 3. The van der Waals surface area contributed by atoms with Gasteiger partial charge in [-0.1, -0.05) is 30.3 Å². The first-order valence-corrected chi connectivity index (χ1v) is 12.1. The van der Waals surface area contributed by atoms with E-state index in [1.54, 1.807) is 29.2 Å². The van der Waals surface area contributed by atoms with E-state index in [1.165, 1.54) is 35.9 Å². The lowest BCUT2D eigenvalue weighted by Crippen LogP contribution is -2.49. The fourth-order valence-electron chi connectivity index (χ4n) is 4.42. The van der Waals surface area contributed by atoms with Crippen LogP contribution in [0.25, 0.3) is 5.65 Å². The molecule has 0 spiro atoms. The monoisotopic (exact) mass is 511 g/mol. The summed E-state index contributed by atoms with van der Waals surface area (Å²) in [5.74, 6) is -1.35. The molecule has 0 atom stereocenters. The topological polar surface area (TPSA) is 113 Å². The number of pyridine rings is 1. The molecule has 0 unspecified atom stereocenters. The number of hydrogen-bond acceptors (Lipinski definition) is 7. The van der Waals surface area contributed by atoms with Crippen LogP contribution in [0, 0.1) is 0 Å². The molecule has 0 bridgehead atoms. The summed E-state index contributed by atoms with van der Waals surface area (Å²) in [5, 5.41) is 2.54. The molecule has 1 fully saturated rings. The van der Waals surface area contributed by atoms with Gasteiger partial charge in [-0.25, -0.2) is 4.98 Å². The van der Waals surface area contributed by atoms with Crippen LogP contribution in [-0.2, 0) is 4.79 Å². The van der Waals surface area contributed by atoms with E-state index in [0.29, 0.717) is 31.7 Å². The summed E-state index contributed by atoms with van der Waals surface area (Å²) in [7, 11) is 0. The van der Waals surface area contributed by atoms with Crippen molar-refractivity contribution in [1.29, 1.82) is 0 Å². The van der Waals surface area contributed by atoms with E-state index in [0.717, 1.165) is 5.69 Å². The Labute approximate surface area is 218 Å². The third-order valence-corrected chi connectivity index (χ3v) is 6.28. The summed E-state index contributed by atoms with van der Waals surface area (Å²) < 4.78 is 6.33. The van der Waals surface area contributed by atoms with E-state index in [1.807, 2.05) is 30.3 Å². The lowest BCUT2D eigenvalue weighted by atomic mass is 10.2. The molecule has 2 amide bonds. The second-order valence-corrected chi connectivity index (χ2v) is 8.75. The highest BCUT2D eigenvalue weighted by molar-refractivity contribution is 6.06. The van der Waals surface area contributed by atoms with Crippen LogP contribution in [0.15, 0.2) is 83.9 Å². The van der Waals surface area contributed by atoms with E-state index in [2.05, 4.69) is 15.2 Å². The van der Waals surface area contributed by atoms with Crippen molar-refractivity contribution in [2.75, 3.05) is 36.4 Å². The minimum Gasteiger partial charge on any atom is -0.426 e. The van der Waals surface area contributed by atoms with Gasteiger partial charge < -0.3 is 19.9 Å². The third kappa shape index (κ3) is 4.96. The number of para-hydroxylation sites is 2. The number of piperazine rings is 1. The Morgan fingerprint density at radius 3 is 2.29 bits per heavy atom. The number of anilines is 2. The molecule has 2 aromatic carbocycles. The van der Waals surface area contributed by atoms with Crippen LogP contribution >= 0.6 is 0 Å². The molecule has 1 aliphatic rings. The van der Waals surface area contributed by atoms with Crippen molar-refractivity contribution in [2.24, 2.45) is 0 Å². The quantitative estimate of drug-likeness (QED) is 0.324. The molecule has 4 aromatic rings. The summed E-state index contributed by atoms with van der Waals surface area (Å²) in [6, 6.07) is 19.5. The average molecular weight is 512 g/mol. The first-order valence-electron chi connectivity index (χ1n) is 12.1. The molecule has 10 heteroatoms. The Kier molecular flexibility index (Phi) is 6.86. The highest BCUT2D eigenvalue weighted by Crippen LogP contribution is 2.20. The Morgan fingerprint density at radius 1 is 0.868 bits per heavy atom. The molecule has 1 N–H and O–H groups in total. The molecule has 1 aliphatic heterocycles. The van der Waals surface area contributed by atoms with E-state index >= 15 is 0 Å². The maximum atomic E-state index is 13.4. The zero-order valence-corrected chi connectivity index (χ0v) is 20.7. The summed E-state index contributed by atoms with van der Waals surface area (Å²) in [6.45, 7) is 3.69. The number of hydrogen-bond donors (Lipinski definition) is 1. The second-order valence-electron chi connectivity index (χ2n) is 8.75. The number of fused-ring (bicyclic) bond motifs is 1. The van der Waals surface area contributed by atoms with Gasteiger partial charge in [0.05, 0.1) is 17.3 Å². The Morgan fingerprint density at radius 2 is 1.55 bits per heavy atom. The maximum Gasteiger partial charge on any atom is 0.308 e. The standard InChI is InChI=1S/C28H25N5O5/c1-19(34)38-24-12-6-5-10-21(24)26(35)30-23-18-29-25-22(11-7-13-33(25)28(23)37)27(36)32-16-14-31(15-17-32)20-8-3-2-4-9-20/h2-13,18H,14-17H2,1H3,(H,30,35). The van der Waals surface area contributed by atoms with Gasteiger partial charge in [0.15, 0.2) is 5.65 Å². The molecule has 3 heterocycles. The van der Waals surface area contributed by atoms with Gasteiger partial charge in [-0.2, -0.15) is 0 Å². The number of carbonyl (C=O) groups excluding carboxylic acids is 3. The zero-order chi connectivity index (χ0) is 26.6. The molecule has 10 nitrogen and oxygen atoms in total. The van der Waals surface area contributed by atoms with Crippen molar-refractivity contribution in [2.45, 2.75) is 6.92 Å². The highest BCUT2D eigenvalue weighted by Gasteiger charge is 2.25. The largest absolute Gasteiger partial charge is 0.426 e. The number of nitrogens with zero attached hydrogens (tertiary/aromatic N) is 4. The number of amides is 2. The lowest BCUT2D eigenvalue weighted by Gasteiger charge is -2.36. The Balaban J connectivity index is 1.36. The highest BCUT2D eigenvalue weighted by atomic mass is 16.5. The van der Waals surface area contributed by atoms with Gasteiger partial charge in [-0.3, -0.25) is 23.6 Å². The minimum atomic E-state index is -0.635. The predicted octanol–water partition coefficient (Wildman–Crippen LogP) is 2.83. The first kappa shape index (κ1) is 24.7. The van der Waals surface area contributed by atoms with Gasteiger partial charge in [-0.15, -0.1) is 0 Å². The van der Waals surface area contributed by atoms with Gasteiger partial charge in [0.25, 0.3) is 17.4 Å². The third-order valence-electron chi connectivity index (χ3n) is 6.28. The number of rotatable bonds is 5. The lowest BCUT2D eigenvalue weighted by molar-refractivity contribution is -0.131. The molecule has 0 saturated carbocycles. The molecule has 1 saturated heterocycles. The van der Waals surface area contributed by atoms with Crippen molar-refractivity contribution in [3.05, 3.63) is 101 Å². The van der Waals surface area contributed by atoms with Crippen LogP contribution in [0.3, 0.4) is 0 Å². The van der Waals surface area contributed by atoms with E-state index in [-0.39, 0.29) is 28.6 Å². The summed E-state index contributed by atoms with van der Waals surface area (Å²) in [5.41, 5.74) is 1.08. The van der Waals surface area contributed by atoms with Gasteiger partial charge in [0.1, 0.15) is 11.4 Å². The van der Waals surface area contributed by atoms with E-state index < -0.39 is 17.4 Å². The SMILES string of the molecule is CC(=O)Oc1ccccc1C(=O)Nc1cnc2c(C(=O)N3CCN(c4ccccc4)CC3)cccn2c1=O. The van der Waals surface area contributed by atoms with Crippen LogP contribution in [0.4, 0.5) is 11.4 Å². The van der Waals surface area contributed by atoms with E-state index in [9.17, 15) is 19.2 Å². The fourth-order valence-corrected chi connectivity index (χ4v) is 4.42. The molecule has 2 aromatic heterocycles. The zero-order valence-electron chi connectivity index (χ0n) is 20.7. The molecule has 0 aliphatic carbocycles. The van der Waals surface area contributed by atoms with Crippen molar-refractivity contribution >= 4 is 34.8 Å². The van der Waals surface area contributed by atoms with Gasteiger partial charge in [-0.05, 0) is 36.4 Å². The smallest absolute Gasteiger partial charge is 0.308 e. The summed E-state index contributed by atoms with van der Waals surface area (Å²) in [6.07, 6.45) is 2.73. The number of benzene rings is 2. The van der Waals surface area contributed by atoms with Crippen LogP contribution in [0.2, 0.25) is 0 Å². The number of esters is 1. The van der Waals surface area contributed by atoms with Crippen molar-refractivity contribution in [3.8, 4) is 5.75 Å². The summed E-state index contributed by atoms with van der Waals surface area (Å²) in [4.78, 5) is 59.2. The number of ether oxygens (including phenoxy) is 1. The van der Waals surface area contributed by atoms with Crippen molar-refractivity contribution in [3.63, 3.8) is 0 Å². The average Bonchev–Trinajstić information content (AvgIpc) is 2.94. The van der Waals surface area contributed by atoms with Crippen LogP contribution in [0.5, 0.6) is 5.75 Å². The normalized spacial score (nSPS) is 13.3. The Hall–Kier alpha value is -4.99. The number of nitrogens with one attached hydrogen (secondary N) is 1. The van der Waals surface area contributed by atoms with Crippen LogP contribution in [-0.4, -0.2) is 58.2 Å². The van der Waals surface area contributed by atoms with Crippen molar-refractivity contribution < 1.29 is 19.1 Å². The molecule has 38 heavy (non-hydrogen) atoms. The van der Waals surface area contributed by atoms with Crippen LogP contribution < -0.4 is 20.5 Å². The van der Waals surface area contributed by atoms with Gasteiger partial charge in [0.2, 0.25) is 0 Å². The number of aromatic nitrogens is 2. The fraction of sp³-hybridized carbons (Fsp3) is 0.179. The first-order chi connectivity index (χ1) is 18.4. The molecule has 5 rings (SSSR count). The molecule has 192 valence electrons. The molecular weight excluding hydrogens is 486 g/mol. The summed E-state index contributed by atoms with van der Waals surface area (Å²) >= 11 is 0. The van der Waals surface area contributed by atoms with E-state index in [4.69, 9.17) is 4.74 Å². The minimum absolute atomic E-state index is 0.0756. The van der Waals surface area contributed by atoms with Gasteiger partial charge in [0, 0.05) is 45.0 Å². The Bertz CT molecular complexity index is 1580. The van der Waals surface area contributed by atoms with Gasteiger partial charge >= 0.3 is 5.97 Å². The maximum absolute atomic E-state index is 13.4. The molecule has 0 radical (unpaired) electrons. The van der Waals surface area contributed by atoms with Crippen LogP contribution in [0.1, 0.15) is 27.6 Å². The second kappa shape index (κ2) is 10.6.